The molecule has 2 N–H and O–H groups in total. The molecule has 3 nitrogen and oxygen atoms in total. The van der Waals surface area contributed by atoms with Crippen LogP contribution >= 0.6 is 11.3 Å². The Kier molecular flexibility index (Phi) is 2.57. The molecule has 1 heterocycles. The molecular formula is C8H3F5N2OS. The summed E-state index contributed by atoms with van der Waals surface area (Å²) in [6.07, 6.45) is -5.08. The number of nitrogen functional groups attached to an aromatic ring is 1. The van der Waals surface area contributed by atoms with Gasteiger partial charge in [-0.1, -0.05) is 11.3 Å². The molecule has 2 aromatic rings. The lowest BCUT2D eigenvalue weighted by Crippen LogP contribution is -2.18. The number of anilines is 1. The molecule has 2 rings (SSSR count). The first kappa shape index (κ1) is 11.8. The van der Waals surface area contributed by atoms with Crippen molar-refractivity contribution in [3.63, 3.8) is 0 Å². The quantitative estimate of drug-likeness (QED) is 0.810. The predicted octanol–water partition coefficient (Wildman–Crippen LogP) is 3.06. The molecule has 92 valence electrons. The minimum atomic E-state index is -5.08. The summed E-state index contributed by atoms with van der Waals surface area (Å²) in [5, 5.41) is -0.184. The van der Waals surface area contributed by atoms with Crippen molar-refractivity contribution in [1.29, 1.82) is 0 Å². The zero-order valence-corrected chi connectivity index (χ0v) is 8.62. The van der Waals surface area contributed by atoms with Gasteiger partial charge in [0.25, 0.3) is 0 Å². The van der Waals surface area contributed by atoms with E-state index in [-0.39, 0.29) is 11.2 Å². The monoisotopic (exact) mass is 270 g/mol. The van der Waals surface area contributed by atoms with Crippen LogP contribution in [-0.4, -0.2) is 11.3 Å². The molecule has 0 amide bonds. The van der Waals surface area contributed by atoms with Crippen molar-refractivity contribution in [2.45, 2.75) is 6.36 Å². The van der Waals surface area contributed by atoms with Crippen LogP contribution in [0.5, 0.6) is 5.75 Å². The number of hydrogen-bond acceptors (Lipinski definition) is 4. The molecule has 0 bridgehead atoms. The zero-order chi connectivity index (χ0) is 12.8. The second kappa shape index (κ2) is 3.69. The number of nitrogens with two attached hydrogens (primary N) is 1. The summed E-state index contributed by atoms with van der Waals surface area (Å²) in [4.78, 5) is 3.45. The van der Waals surface area contributed by atoms with Crippen molar-refractivity contribution >= 4 is 26.7 Å². The first-order chi connectivity index (χ1) is 7.78. The van der Waals surface area contributed by atoms with Crippen molar-refractivity contribution in [3.8, 4) is 5.75 Å². The molecule has 0 fully saturated rings. The lowest BCUT2D eigenvalue weighted by Gasteiger charge is -2.10. The van der Waals surface area contributed by atoms with Crippen LogP contribution in [0.25, 0.3) is 10.2 Å². The smallest absolute Gasteiger partial charge is 0.401 e. The molecule has 0 aliphatic rings. The van der Waals surface area contributed by atoms with Crippen molar-refractivity contribution < 1.29 is 26.7 Å². The number of halogens is 5. The lowest BCUT2D eigenvalue weighted by atomic mass is 10.3. The van der Waals surface area contributed by atoms with Gasteiger partial charge in [0.1, 0.15) is 10.2 Å². The molecule has 0 atom stereocenters. The molecule has 0 saturated carbocycles. The van der Waals surface area contributed by atoms with E-state index in [1.165, 1.54) is 0 Å². The molecule has 0 aliphatic heterocycles. The van der Waals surface area contributed by atoms with Gasteiger partial charge in [-0.2, -0.15) is 0 Å². The SMILES string of the molecule is Nc1nc2c(F)cc(F)c(OC(F)(F)F)c2s1. The minimum absolute atomic E-state index is 0.184. The van der Waals surface area contributed by atoms with E-state index >= 15 is 0 Å². The molecule has 0 saturated heterocycles. The highest BCUT2D eigenvalue weighted by Gasteiger charge is 2.34. The van der Waals surface area contributed by atoms with Gasteiger partial charge in [-0.15, -0.1) is 13.2 Å². The van der Waals surface area contributed by atoms with Crippen LogP contribution < -0.4 is 10.5 Å². The maximum Gasteiger partial charge on any atom is 0.573 e. The van der Waals surface area contributed by atoms with Gasteiger partial charge in [0, 0.05) is 6.07 Å². The van der Waals surface area contributed by atoms with Gasteiger partial charge >= 0.3 is 6.36 Å². The minimum Gasteiger partial charge on any atom is -0.401 e. The normalized spacial score (nSPS) is 12.1. The number of thiazole rings is 1. The Labute approximate surface area is 94.6 Å². The number of hydrogen-bond donors (Lipinski definition) is 1. The standard InChI is InChI=1S/C8H3F5N2OS/c9-2-1-3(10)5(16-8(11,12)13)6-4(2)15-7(14)17-6/h1H,(H2,14,15). The predicted molar refractivity (Wildman–Crippen MR) is 50.6 cm³/mol. The zero-order valence-electron chi connectivity index (χ0n) is 7.81. The van der Waals surface area contributed by atoms with E-state index in [1.54, 1.807) is 0 Å². The van der Waals surface area contributed by atoms with Gasteiger partial charge < -0.3 is 10.5 Å². The summed E-state index contributed by atoms with van der Waals surface area (Å²) >= 11 is 0.509. The van der Waals surface area contributed by atoms with E-state index in [0.717, 1.165) is 0 Å². The number of nitrogens with zero attached hydrogens (tertiary/aromatic N) is 1. The Morgan fingerprint density at radius 2 is 1.88 bits per heavy atom. The first-order valence-electron chi connectivity index (χ1n) is 4.07. The van der Waals surface area contributed by atoms with Gasteiger partial charge in [0.2, 0.25) is 0 Å². The third-order valence-corrected chi connectivity index (χ3v) is 2.65. The molecular weight excluding hydrogens is 267 g/mol. The van der Waals surface area contributed by atoms with E-state index in [2.05, 4.69) is 9.72 Å². The van der Waals surface area contributed by atoms with Crippen molar-refractivity contribution in [2.75, 3.05) is 5.73 Å². The van der Waals surface area contributed by atoms with Gasteiger partial charge in [-0.25, -0.2) is 13.8 Å². The number of ether oxygens (including phenoxy) is 1. The summed E-state index contributed by atoms with van der Waals surface area (Å²) in [5.41, 5.74) is 4.77. The molecule has 9 heteroatoms. The topological polar surface area (TPSA) is 48.1 Å². The fraction of sp³-hybridized carbons (Fsp3) is 0.125. The molecule has 17 heavy (non-hydrogen) atoms. The number of aromatic nitrogens is 1. The van der Waals surface area contributed by atoms with Crippen LogP contribution in [0.1, 0.15) is 0 Å². The van der Waals surface area contributed by atoms with Crippen molar-refractivity contribution in [2.24, 2.45) is 0 Å². The van der Waals surface area contributed by atoms with Crippen molar-refractivity contribution in [1.82, 2.24) is 4.98 Å². The molecule has 1 aromatic carbocycles. The highest BCUT2D eigenvalue weighted by atomic mass is 32.1. The molecule has 1 aromatic heterocycles. The second-order valence-corrected chi connectivity index (χ2v) is 3.98. The van der Waals surface area contributed by atoms with Crippen LogP contribution in [-0.2, 0) is 0 Å². The molecule has 0 spiro atoms. The third-order valence-electron chi connectivity index (χ3n) is 1.76. The van der Waals surface area contributed by atoms with E-state index in [9.17, 15) is 22.0 Å². The Bertz CT molecular complexity index is 579. The largest absolute Gasteiger partial charge is 0.573 e. The summed E-state index contributed by atoms with van der Waals surface area (Å²) < 4.78 is 65.5. The van der Waals surface area contributed by atoms with E-state index in [0.29, 0.717) is 11.3 Å². The maximum atomic E-state index is 13.2. The van der Waals surface area contributed by atoms with Gasteiger partial charge in [-0.05, 0) is 0 Å². The van der Waals surface area contributed by atoms with Crippen LogP contribution in [0, 0.1) is 11.6 Å². The van der Waals surface area contributed by atoms with Gasteiger partial charge in [-0.3, -0.25) is 0 Å². The van der Waals surface area contributed by atoms with Crippen LogP contribution in [0.3, 0.4) is 0 Å². The van der Waals surface area contributed by atoms with E-state index in [4.69, 9.17) is 5.73 Å². The third kappa shape index (κ3) is 2.23. The van der Waals surface area contributed by atoms with Crippen LogP contribution in [0.2, 0.25) is 0 Å². The molecule has 0 unspecified atom stereocenters. The van der Waals surface area contributed by atoms with E-state index < -0.39 is 34.0 Å². The number of benzene rings is 1. The van der Waals surface area contributed by atoms with E-state index in [1.807, 2.05) is 0 Å². The second-order valence-electron chi connectivity index (χ2n) is 2.95. The maximum absolute atomic E-state index is 13.2. The molecule has 0 radical (unpaired) electrons. The van der Waals surface area contributed by atoms with Crippen molar-refractivity contribution in [3.05, 3.63) is 17.7 Å². The summed E-state index contributed by atoms with van der Waals surface area (Å²) in [5.74, 6) is -3.68. The Balaban J connectivity index is 2.69. The summed E-state index contributed by atoms with van der Waals surface area (Å²) in [6.45, 7) is 0. The number of alkyl halides is 3. The average molecular weight is 270 g/mol. The Hall–Kier alpha value is -1.64. The van der Waals surface area contributed by atoms with Crippen LogP contribution in [0.4, 0.5) is 27.1 Å². The first-order valence-corrected chi connectivity index (χ1v) is 4.89. The highest BCUT2D eigenvalue weighted by Crippen LogP contribution is 2.38. The van der Waals surface area contributed by atoms with Crippen LogP contribution in [0.15, 0.2) is 6.07 Å². The highest BCUT2D eigenvalue weighted by molar-refractivity contribution is 7.22. The number of rotatable bonds is 1. The fourth-order valence-electron chi connectivity index (χ4n) is 1.22. The van der Waals surface area contributed by atoms with Gasteiger partial charge in [0.05, 0.1) is 0 Å². The lowest BCUT2D eigenvalue weighted by molar-refractivity contribution is -0.275. The Morgan fingerprint density at radius 1 is 1.24 bits per heavy atom. The number of fused-ring (bicyclic) bond motifs is 1. The van der Waals surface area contributed by atoms with Gasteiger partial charge in [0.15, 0.2) is 22.5 Å². The summed E-state index contributed by atoms with van der Waals surface area (Å²) in [7, 11) is 0. The molecule has 0 aliphatic carbocycles. The fourth-order valence-corrected chi connectivity index (χ4v) is 2.03. The summed E-state index contributed by atoms with van der Waals surface area (Å²) in [6, 6.07) is 0.266. The Morgan fingerprint density at radius 3 is 2.47 bits per heavy atom. The average Bonchev–Trinajstić information content (AvgIpc) is 2.53.